The van der Waals surface area contributed by atoms with Crippen molar-refractivity contribution < 1.29 is 9.53 Å². The second-order valence-corrected chi connectivity index (χ2v) is 7.07. The van der Waals surface area contributed by atoms with Gasteiger partial charge < -0.3 is 10.1 Å². The fraction of sp³-hybridized carbons (Fsp3) is 0.100. The number of halogens is 2. The first kappa shape index (κ1) is 19.2. The van der Waals surface area contributed by atoms with Crippen LogP contribution in [0.25, 0.3) is 16.9 Å². The lowest BCUT2D eigenvalue weighted by Crippen LogP contribution is -2.20. The van der Waals surface area contributed by atoms with Gasteiger partial charge in [0.2, 0.25) is 0 Å². The van der Waals surface area contributed by atoms with Crippen LogP contribution in [-0.2, 0) is 4.79 Å². The number of nitrogens with one attached hydrogen (secondary N) is 1. The average Bonchev–Trinajstić information content (AvgIpc) is 3.08. The molecule has 0 aliphatic rings. The summed E-state index contributed by atoms with van der Waals surface area (Å²) in [5.41, 5.74) is 3.02. The van der Waals surface area contributed by atoms with Crippen LogP contribution >= 0.6 is 23.2 Å². The Kier molecular flexibility index (Phi) is 5.33. The number of amides is 1. The number of hydrogen-bond acceptors (Lipinski definition) is 5. The summed E-state index contributed by atoms with van der Waals surface area (Å²) in [5, 5.41) is 16.2. The minimum Gasteiger partial charge on any atom is -0.482 e. The van der Waals surface area contributed by atoms with Gasteiger partial charge in [-0.15, -0.1) is 10.2 Å². The fourth-order valence-corrected chi connectivity index (χ4v) is 3.17. The summed E-state index contributed by atoms with van der Waals surface area (Å²) in [6.45, 7) is 1.67. The first-order chi connectivity index (χ1) is 14.0. The van der Waals surface area contributed by atoms with Gasteiger partial charge in [-0.1, -0.05) is 35.3 Å². The zero-order valence-corrected chi connectivity index (χ0v) is 16.8. The third-order valence-corrected chi connectivity index (χ3v) is 4.67. The molecule has 0 radical (unpaired) electrons. The highest BCUT2D eigenvalue weighted by molar-refractivity contribution is 6.35. The first-order valence-corrected chi connectivity index (χ1v) is 9.42. The van der Waals surface area contributed by atoms with Gasteiger partial charge in [-0.3, -0.25) is 4.79 Å². The van der Waals surface area contributed by atoms with Crippen LogP contribution in [0.3, 0.4) is 0 Å². The van der Waals surface area contributed by atoms with Gasteiger partial charge in [0.25, 0.3) is 5.91 Å². The van der Waals surface area contributed by atoms with Crippen LogP contribution < -0.4 is 10.1 Å². The quantitative estimate of drug-likeness (QED) is 0.509. The minimum absolute atomic E-state index is 0.172. The molecule has 4 rings (SSSR count). The third kappa shape index (κ3) is 4.31. The summed E-state index contributed by atoms with van der Waals surface area (Å²) in [5.74, 6) is 0.808. The number of fused-ring (bicyclic) bond motifs is 1. The Balaban J connectivity index is 1.40. The second-order valence-electron chi connectivity index (χ2n) is 6.22. The van der Waals surface area contributed by atoms with Crippen molar-refractivity contribution in [1.82, 2.24) is 19.8 Å². The summed E-state index contributed by atoms with van der Waals surface area (Å²) in [7, 11) is 0. The van der Waals surface area contributed by atoms with Crippen molar-refractivity contribution in [2.75, 3.05) is 11.9 Å². The molecule has 0 aliphatic heterocycles. The molecule has 0 fully saturated rings. The average molecular weight is 428 g/mol. The zero-order valence-electron chi connectivity index (χ0n) is 15.3. The third-order valence-electron chi connectivity index (χ3n) is 4.14. The lowest BCUT2D eigenvalue weighted by atomic mass is 10.1. The van der Waals surface area contributed by atoms with Crippen molar-refractivity contribution in [1.29, 1.82) is 0 Å². The Labute approximate surface area is 176 Å². The molecule has 0 saturated carbocycles. The number of nitrogens with zero attached hydrogens (tertiary/aromatic N) is 4. The molecule has 4 aromatic rings. The molecule has 2 aromatic heterocycles. The Bertz CT molecular complexity index is 1190. The highest BCUT2D eigenvalue weighted by Gasteiger charge is 2.09. The Hall–Kier alpha value is -3.16. The molecule has 0 unspecified atom stereocenters. The topological polar surface area (TPSA) is 81.4 Å². The molecule has 2 heterocycles. The van der Waals surface area contributed by atoms with Gasteiger partial charge in [0.05, 0.1) is 10.7 Å². The van der Waals surface area contributed by atoms with Crippen molar-refractivity contribution in [3.05, 3.63) is 70.5 Å². The van der Waals surface area contributed by atoms with E-state index in [-0.39, 0.29) is 12.5 Å². The minimum atomic E-state index is -0.302. The zero-order chi connectivity index (χ0) is 20.4. The van der Waals surface area contributed by atoms with Crippen molar-refractivity contribution in [3.63, 3.8) is 0 Å². The number of rotatable bonds is 5. The van der Waals surface area contributed by atoms with E-state index in [4.69, 9.17) is 27.9 Å². The Morgan fingerprint density at radius 3 is 2.62 bits per heavy atom. The number of ether oxygens (including phenoxy) is 1. The molecular weight excluding hydrogens is 413 g/mol. The second kappa shape index (κ2) is 8.06. The van der Waals surface area contributed by atoms with Gasteiger partial charge >= 0.3 is 0 Å². The first-order valence-electron chi connectivity index (χ1n) is 8.67. The maximum Gasteiger partial charge on any atom is 0.262 e. The van der Waals surface area contributed by atoms with E-state index in [2.05, 4.69) is 20.6 Å². The van der Waals surface area contributed by atoms with Crippen LogP contribution in [0.4, 0.5) is 5.69 Å². The summed E-state index contributed by atoms with van der Waals surface area (Å²) in [6, 6.07) is 15.9. The molecule has 7 nitrogen and oxygen atoms in total. The SMILES string of the molecule is Cc1nnc2ccc(-c3ccc(NC(=O)COc4ccc(Cl)cc4Cl)cc3)nn12. The largest absolute Gasteiger partial charge is 0.482 e. The van der Waals surface area contributed by atoms with Crippen LogP contribution in [0.1, 0.15) is 5.82 Å². The molecule has 0 saturated heterocycles. The van der Waals surface area contributed by atoms with Crippen LogP contribution in [0, 0.1) is 6.92 Å². The molecule has 2 aromatic carbocycles. The summed E-state index contributed by atoms with van der Waals surface area (Å²) < 4.78 is 7.12. The number of carbonyl (C=O) groups excluding carboxylic acids is 1. The molecule has 9 heteroatoms. The molecule has 1 amide bonds. The van der Waals surface area contributed by atoms with Gasteiger partial charge in [-0.05, 0) is 49.4 Å². The molecule has 0 atom stereocenters. The van der Waals surface area contributed by atoms with Crippen LogP contribution in [0.15, 0.2) is 54.6 Å². The van der Waals surface area contributed by atoms with E-state index in [1.165, 1.54) is 0 Å². The number of carbonyl (C=O) groups is 1. The van der Waals surface area contributed by atoms with Gasteiger partial charge in [-0.2, -0.15) is 9.61 Å². The number of anilines is 1. The molecule has 0 aliphatic carbocycles. The number of aryl methyl sites for hydroxylation is 1. The normalized spacial score (nSPS) is 10.9. The maximum atomic E-state index is 12.1. The predicted octanol–water partition coefficient (Wildman–Crippen LogP) is 4.42. The van der Waals surface area contributed by atoms with Gasteiger partial charge in [-0.25, -0.2) is 0 Å². The van der Waals surface area contributed by atoms with E-state index < -0.39 is 0 Å². The number of aromatic nitrogens is 4. The van der Waals surface area contributed by atoms with Crippen LogP contribution in [0.5, 0.6) is 5.75 Å². The lowest BCUT2D eigenvalue weighted by molar-refractivity contribution is -0.118. The van der Waals surface area contributed by atoms with Crippen molar-refractivity contribution >= 4 is 40.4 Å². The van der Waals surface area contributed by atoms with Gasteiger partial charge in [0, 0.05) is 16.3 Å². The van der Waals surface area contributed by atoms with E-state index >= 15 is 0 Å². The maximum absolute atomic E-state index is 12.1. The van der Waals surface area contributed by atoms with Crippen LogP contribution in [-0.4, -0.2) is 32.3 Å². The van der Waals surface area contributed by atoms with E-state index in [0.717, 1.165) is 11.3 Å². The molecule has 29 heavy (non-hydrogen) atoms. The molecule has 146 valence electrons. The fourth-order valence-electron chi connectivity index (χ4n) is 2.71. The van der Waals surface area contributed by atoms with Gasteiger partial charge in [0.15, 0.2) is 18.1 Å². The molecule has 1 N–H and O–H groups in total. The number of hydrogen-bond donors (Lipinski definition) is 1. The van der Waals surface area contributed by atoms with Crippen molar-refractivity contribution in [2.45, 2.75) is 6.92 Å². The molecular formula is C20H15Cl2N5O2. The highest BCUT2D eigenvalue weighted by atomic mass is 35.5. The van der Waals surface area contributed by atoms with E-state index in [0.29, 0.717) is 33.0 Å². The number of benzene rings is 2. The smallest absolute Gasteiger partial charge is 0.262 e. The summed E-state index contributed by atoms with van der Waals surface area (Å²) >= 11 is 11.9. The monoisotopic (exact) mass is 427 g/mol. The molecule has 0 bridgehead atoms. The van der Waals surface area contributed by atoms with E-state index in [1.807, 2.05) is 31.2 Å². The van der Waals surface area contributed by atoms with Gasteiger partial charge in [0.1, 0.15) is 5.75 Å². The molecule has 0 spiro atoms. The van der Waals surface area contributed by atoms with Crippen molar-refractivity contribution in [3.8, 4) is 17.0 Å². The van der Waals surface area contributed by atoms with E-state index in [9.17, 15) is 4.79 Å². The Morgan fingerprint density at radius 2 is 1.86 bits per heavy atom. The standard InChI is InChI=1S/C20H15Cl2N5O2/c1-12-24-25-19-9-7-17(26-27(12)19)13-2-5-15(6-3-13)23-20(28)11-29-18-8-4-14(21)10-16(18)22/h2-10H,11H2,1H3,(H,23,28). The highest BCUT2D eigenvalue weighted by Crippen LogP contribution is 2.27. The lowest BCUT2D eigenvalue weighted by Gasteiger charge is -2.09. The van der Waals surface area contributed by atoms with E-state index in [1.54, 1.807) is 34.8 Å². The predicted molar refractivity (Wildman–Crippen MR) is 112 cm³/mol. The summed E-state index contributed by atoms with van der Waals surface area (Å²) in [4.78, 5) is 12.1. The van der Waals surface area contributed by atoms with Crippen molar-refractivity contribution in [2.24, 2.45) is 0 Å². The van der Waals surface area contributed by atoms with Crippen LogP contribution in [0.2, 0.25) is 10.0 Å². The Morgan fingerprint density at radius 1 is 1.07 bits per heavy atom. The summed E-state index contributed by atoms with van der Waals surface area (Å²) in [6.07, 6.45) is 0.